The van der Waals surface area contributed by atoms with Crippen LogP contribution in [-0.2, 0) is 11.3 Å². The first-order valence-electron chi connectivity index (χ1n) is 6.37. The number of piperidine rings is 1. The van der Waals surface area contributed by atoms with E-state index in [4.69, 9.17) is 9.84 Å². The van der Waals surface area contributed by atoms with Gasteiger partial charge in [-0.05, 0) is 32.0 Å². The number of hydrogen-bond donors (Lipinski definition) is 1. The molecule has 4 nitrogen and oxygen atoms in total. The van der Waals surface area contributed by atoms with Crippen LogP contribution in [-0.4, -0.2) is 36.2 Å². The maximum atomic E-state index is 13.8. The highest BCUT2D eigenvalue weighted by atomic mass is 19.1. The summed E-state index contributed by atoms with van der Waals surface area (Å²) in [5.74, 6) is -0.752. The van der Waals surface area contributed by atoms with Crippen LogP contribution >= 0.6 is 0 Å². The zero-order chi connectivity index (χ0) is 13.8. The summed E-state index contributed by atoms with van der Waals surface area (Å²) in [6, 6.07) is 4.83. The lowest BCUT2D eigenvalue weighted by Gasteiger charge is -2.30. The molecule has 1 aliphatic rings. The highest BCUT2D eigenvalue weighted by molar-refractivity contribution is 5.70. The predicted octanol–water partition coefficient (Wildman–Crippen LogP) is 2.13. The molecule has 5 heteroatoms. The Morgan fingerprint density at radius 2 is 2.16 bits per heavy atom. The fourth-order valence-corrected chi connectivity index (χ4v) is 2.36. The van der Waals surface area contributed by atoms with Crippen LogP contribution in [0.4, 0.5) is 4.39 Å². The van der Waals surface area contributed by atoms with Crippen molar-refractivity contribution in [2.45, 2.75) is 19.4 Å². The summed E-state index contributed by atoms with van der Waals surface area (Å²) in [5, 5.41) is 8.92. The molecule has 0 spiro atoms. The zero-order valence-corrected chi connectivity index (χ0v) is 10.9. The topological polar surface area (TPSA) is 49.8 Å². The van der Waals surface area contributed by atoms with Gasteiger partial charge in [0.1, 0.15) is 11.6 Å². The number of carboxylic acid groups (broad SMARTS) is 1. The number of likely N-dealkylation sites (tertiary alicyclic amines) is 1. The van der Waals surface area contributed by atoms with Crippen LogP contribution in [0.5, 0.6) is 5.75 Å². The molecule has 0 aromatic heterocycles. The van der Waals surface area contributed by atoms with Gasteiger partial charge in [0.25, 0.3) is 0 Å². The fraction of sp³-hybridized carbons (Fsp3) is 0.500. The average molecular weight is 267 g/mol. The van der Waals surface area contributed by atoms with Gasteiger partial charge in [0.15, 0.2) is 0 Å². The first-order valence-corrected chi connectivity index (χ1v) is 6.37. The summed E-state index contributed by atoms with van der Waals surface area (Å²) >= 11 is 0. The van der Waals surface area contributed by atoms with E-state index in [1.807, 2.05) is 0 Å². The van der Waals surface area contributed by atoms with Gasteiger partial charge in [0.2, 0.25) is 0 Å². The lowest BCUT2D eigenvalue weighted by atomic mass is 9.97. The minimum Gasteiger partial charge on any atom is -0.497 e. The summed E-state index contributed by atoms with van der Waals surface area (Å²) in [6.07, 6.45) is 1.26. The molecular weight excluding hydrogens is 249 g/mol. The van der Waals surface area contributed by atoms with E-state index in [0.717, 1.165) is 0 Å². The van der Waals surface area contributed by atoms with Crippen LogP contribution < -0.4 is 4.74 Å². The first-order chi connectivity index (χ1) is 9.10. The molecule has 1 aromatic rings. The third-order valence-electron chi connectivity index (χ3n) is 3.59. The van der Waals surface area contributed by atoms with E-state index in [1.54, 1.807) is 12.1 Å². The highest BCUT2D eigenvalue weighted by Crippen LogP contribution is 2.22. The Kier molecular flexibility index (Phi) is 4.37. The predicted molar refractivity (Wildman–Crippen MR) is 68.6 cm³/mol. The van der Waals surface area contributed by atoms with Crippen LogP contribution in [0.1, 0.15) is 18.4 Å². The van der Waals surface area contributed by atoms with Crippen molar-refractivity contribution in [3.63, 3.8) is 0 Å². The van der Waals surface area contributed by atoms with E-state index in [-0.39, 0.29) is 11.7 Å². The average Bonchev–Trinajstić information content (AvgIpc) is 2.41. The highest BCUT2D eigenvalue weighted by Gasteiger charge is 2.24. The Labute approximate surface area is 111 Å². The van der Waals surface area contributed by atoms with Crippen molar-refractivity contribution in [1.29, 1.82) is 0 Å². The molecule has 1 aliphatic heterocycles. The number of nitrogens with zero attached hydrogens (tertiary/aromatic N) is 1. The Morgan fingerprint density at radius 1 is 1.47 bits per heavy atom. The second-order valence-electron chi connectivity index (χ2n) is 4.85. The minimum absolute atomic E-state index is 0.253. The van der Waals surface area contributed by atoms with E-state index < -0.39 is 5.97 Å². The third kappa shape index (κ3) is 3.44. The molecule has 0 radical (unpaired) electrons. The van der Waals surface area contributed by atoms with E-state index in [2.05, 4.69) is 4.90 Å². The molecule has 104 valence electrons. The molecule has 0 aliphatic carbocycles. The molecule has 1 aromatic carbocycles. The molecule has 0 bridgehead atoms. The summed E-state index contributed by atoms with van der Waals surface area (Å²) in [6.45, 7) is 1.91. The second-order valence-corrected chi connectivity index (χ2v) is 4.85. The normalized spacial score (nSPS) is 17.4. The van der Waals surface area contributed by atoms with Crippen molar-refractivity contribution >= 4 is 5.97 Å². The molecule has 1 fully saturated rings. The van der Waals surface area contributed by atoms with Gasteiger partial charge in [-0.2, -0.15) is 0 Å². The minimum atomic E-state index is -0.727. The third-order valence-corrected chi connectivity index (χ3v) is 3.59. The van der Waals surface area contributed by atoms with E-state index in [1.165, 1.54) is 13.2 Å². The smallest absolute Gasteiger partial charge is 0.306 e. The summed E-state index contributed by atoms with van der Waals surface area (Å²) in [5.41, 5.74) is 0.620. The van der Waals surface area contributed by atoms with Crippen molar-refractivity contribution < 1.29 is 19.0 Å². The van der Waals surface area contributed by atoms with Gasteiger partial charge in [-0.25, -0.2) is 4.39 Å². The SMILES string of the molecule is COc1ccc(CN2CCC(C(=O)O)CC2)c(F)c1. The lowest BCUT2D eigenvalue weighted by molar-refractivity contribution is -0.143. The maximum absolute atomic E-state index is 13.8. The number of methoxy groups -OCH3 is 1. The number of carboxylic acids is 1. The van der Waals surface area contributed by atoms with Gasteiger partial charge >= 0.3 is 5.97 Å². The number of aliphatic carboxylic acids is 1. The molecule has 0 atom stereocenters. The van der Waals surface area contributed by atoms with Crippen molar-refractivity contribution in [3.8, 4) is 5.75 Å². The molecule has 0 saturated carbocycles. The molecular formula is C14H18FNO3. The van der Waals surface area contributed by atoms with Gasteiger partial charge in [-0.1, -0.05) is 6.07 Å². The summed E-state index contributed by atoms with van der Waals surface area (Å²) in [7, 11) is 1.51. The van der Waals surface area contributed by atoms with Gasteiger partial charge in [0, 0.05) is 18.2 Å². The molecule has 1 heterocycles. The van der Waals surface area contributed by atoms with Crippen LogP contribution in [0, 0.1) is 11.7 Å². The van der Waals surface area contributed by atoms with Gasteiger partial charge < -0.3 is 9.84 Å². The quantitative estimate of drug-likeness (QED) is 0.908. The summed E-state index contributed by atoms with van der Waals surface area (Å²) in [4.78, 5) is 12.9. The zero-order valence-electron chi connectivity index (χ0n) is 10.9. The number of ether oxygens (including phenoxy) is 1. The van der Waals surface area contributed by atoms with E-state index in [9.17, 15) is 9.18 Å². The molecule has 1 N–H and O–H groups in total. The fourth-order valence-electron chi connectivity index (χ4n) is 2.36. The number of rotatable bonds is 4. The number of hydrogen-bond acceptors (Lipinski definition) is 3. The maximum Gasteiger partial charge on any atom is 0.306 e. The molecule has 0 amide bonds. The first kappa shape index (κ1) is 13.8. The Hall–Kier alpha value is -1.62. The molecule has 1 saturated heterocycles. The van der Waals surface area contributed by atoms with Crippen molar-refractivity contribution in [2.75, 3.05) is 20.2 Å². The van der Waals surface area contributed by atoms with Crippen LogP contribution in [0.3, 0.4) is 0 Å². The van der Waals surface area contributed by atoms with Gasteiger partial charge in [-0.15, -0.1) is 0 Å². The monoisotopic (exact) mass is 267 g/mol. The van der Waals surface area contributed by atoms with Crippen LogP contribution in [0.15, 0.2) is 18.2 Å². The van der Waals surface area contributed by atoms with Crippen LogP contribution in [0.2, 0.25) is 0 Å². The van der Waals surface area contributed by atoms with E-state index in [0.29, 0.717) is 43.8 Å². The molecule has 19 heavy (non-hydrogen) atoms. The summed E-state index contributed by atoms with van der Waals surface area (Å²) < 4.78 is 18.8. The van der Waals surface area contributed by atoms with E-state index >= 15 is 0 Å². The standard InChI is InChI=1S/C14H18FNO3/c1-19-12-3-2-11(13(15)8-12)9-16-6-4-10(5-7-16)14(17)18/h2-3,8,10H,4-7,9H2,1H3,(H,17,18). The number of halogens is 1. The van der Waals surface area contributed by atoms with Gasteiger partial charge in [0.05, 0.1) is 13.0 Å². The van der Waals surface area contributed by atoms with Crippen molar-refractivity contribution in [2.24, 2.45) is 5.92 Å². The Bertz CT molecular complexity index is 456. The Balaban J connectivity index is 1.94. The molecule has 2 rings (SSSR count). The number of benzene rings is 1. The lowest BCUT2D eigenvalue weighted by Crippen LogP contribution is -2.36. The van der Waals surface area contributed by atoms with Crippen molar-refractivity contribution in [3.05, 3.63) is 29.6 Å². The second kappa shape index (κ2) is 6.02. The van der Waals surface area contributed by atoms with Crippen LogP contribution in [0.25, 0.3) is 0 Å². The Morgan fingerprint density at radius 3 is 2.68 bits per heavy atom. The molecule has 0 unspecified atom stereocenters. The van der Waals surface area contributed by atoms with Gasteiger partial charge in [-0.3, -0.25) is 9.69 Å². The number of carbonyl (C=O) groups is 1. The van der Waals surface area contributed by atoms with Crippen molar-refractivity contribution in [1.82, 2.24) is 4.90 Å². The largest absolute Gasteiger partial charge is 0.497 e.